The highest BCUT2D eigenvalue weighted by Crippen LogP contribution is 2.21. The lowest BCUT2D eigenvalue weighted by Crippen LogP contribution is -2.48. The number of aliphatic carboxylic acids is 1. The molecular weight excluding hydrogens is 310 g/mol. The van der Waals surface area contributed by atoms with Gasteiger partial charge in [-0.2, -0.15) is 0 Å². The number of sulfone groups is 1. The number of carbonyl (C=O) groups is 2. The molecule has 1 amide bonds. The molecule has 7 nitrogen and oxygen atoms in total. The van der Waals surface area contributed by atoms with Crippen molar-refractivity contribution in [3.8, 4) is 0 Å². The summed E-state index contributed by atoms with van der Waals surface area (Å²) in [7, 11) is -3.64. The van der Waals surface area contributed by atoms with Crippen molar-refractivity contribution in [2.24, 2.45) is 5.92 Å². The summed E-state index contributed by atoms with van der Waals surface area (Å²) in [5.41, 5.74) is 0. The first-order valence-electron chi connectivity index (χ1n) is 7.47. The van der Waals surface area contributed by atoms with Gasteiger partial charge in [0.1, 0.15) is 11.8 Å². The summed E-state index contributed by atoms with van der Waals surface area (Å²) in [4.78, 5) is 24.5. The van der Waals surface area contributed by atoms with Crippen LogP contribution in [0.3, 0.4) is 0 Å². The first-order chi connectivity index (χ1) is 10.2. The summed E-state index contributed by atoms with van der Waals surface area (Å²) < 4.78 is 30.3. The number of hydrogen-bond donors (Lipinski definition) is 1. The van der Waals surface area contributed by atoms with E-state index in [4.69, 9.17) is 9.84 Å². The molecule has 1 saturated heterocycles. The summed E-state index contributed by atoms with van der Waals surface area (Å²) in [5, 5.41) is 7.10. The Morgan fingerprint density at radius 1 is 1.23 bits per heavy atom. The minimum Gasteiger partial charge on any atom is -0.480 e. The van der Waals surface area contributed by atoms with Crippen LogP contribution in [0.4, 0.5) is 0 Å². The van der Waals surface area contributed by atoms with Crippen LogP contribution in [0, 0.1) is 5.92 Å². The average Bonchev–Trinajstić information content (AvgIpc) is 2.45. The predicted octanol–water partition coefficient (Wildman–Crippen LogP) is 0.538. The predicted molar refractivity (Wildman–Crippen MR) is 81.3 cm³/mol. The zero-order valence-corrected chi connectivity index (χ0v) is 14.1. The SMILES string of the molecule is CC(C)CN(CC(=O)O)C(=O)C(C)S(=O)(=O)C1CCOCC1. The maximum absolute atomic E-state index is 12.6. The average molecular weight is 335 g/mol. The van der Waals surface area contributed by atoms with Gasteiger partial charge in [0.15, 0.2) is 9.84 Å². The Morgan fingerprint density at radius 3 is 2.23 bits per heavy atom. The molecule has 22 heavy (non-hydrogen) atoms. The zero-order valence-electron chi connectivity index (χ0n) is 13.3. The van der Waals surface area contributed by atoms with Crippen LogP contribution in [-0.4, -0.2) is 67.1 Å². The van der Waals surface area contributed by atoms with Gasteiger partial charge in [-0.1, -0.05) is 13.8 Å². The molecule has 0 saturated carbocycles. The molecule has 0 bridgehead atoms. The molecule has 0 aromatic rings. The third-order valence-electron chi connectivity index (χ3n) is 3.70. The number of hydrogen-bond acceptors (Lipinski definition) is 5. The molecule has 1 rings (SSSR count). The van der Waals surface area contributed by atoms with E-state index in [1.165, 1.54) is 6.92 Å². The highest BCUT2D eigenvalue weighted by Gasteiger charge is 2.38. The van der Waals surface area contributed by atoms with E-state index in [0.717, 1.165) is 4.90 Å². The third-order valence-corrected chi connectivity index (χ3v) is 6.28. The van der Waals surface area contributed by atoms with E-state index in [2.05, 4.69) is 0 Å². The molecule has 1 N–H and O–H groups in total. The van der Waals surface area contributed by atoms with Crippen LogP contribution in [0.15, 0.2) is 0 Å². The minimum atomic E-state index is -3.64. The van der Waals surface area contributed by atoms with Crippen LogP contribution in [0.2, 0.25) is 0 Å². The van der Waals surface area contributed by atoms with Gasteiger partial charge in [-0.05, 0) is 25.7 Å². The van der Waals surface area contributed by atoms with Gasteiger partial charge >= 0.3 is 5.97 Å². The molecule has 8 heteroatoms. The van der Waals surface area contributed by atoms with E-state index < -0.39 is 38.8 Å². The molecule has 0 aromatic heterocycles. The zero-order chi connectivity index (χ0) is 16.9. The standard InChI is InChI=1S/C14H25NO6S/c1-10(2)8-15(9-13(16)17)14(18)11(3)22(19,20)12-4-6-21-7-5-12/h10-12H,4-9H2,1-3H3,(H,16,17). The molecular formula is C14H25NO6S. The summed E-state index contributed by atoms with van der Waals surface area (Å²) in [5.74, 6) is -1.73. The topological polar surface area (TPSA) is 101 Å². The second kappa shape index (κ2) is 7.92. The first kappa shape index (κ1) is 18.9. The van der Waals surface area contributed by atoms with Gasteiger partial charge in [0.2, 0.25) is 5.91 Å². The van der Waals surface area contributed by atoms with E-state index >= 15 is 0 Å². The Hall–Kier alpha value is -1.15. The summed E-state index contributed by atoms with van der Waals surface area (Å²) in [6.07, 6.45) is 0.756. The number of carboxylic acid groups (broad SMARTS) is 1. The van der Waals surface area contributed by atoms with Gasteiger partial charge in [-0.25, -0.2) is 8.42 Å². The van der Waals surface area contributed by atoms with E-state index in [0.29, 0.717) is 26.1 Å². The van der Waals surface area contributed by atoms with Gasteiger partial charge < -0.3 is 14.7 Å². The van der Waals surface area contributed by atoms with E-state index in [-0.39, 0.29) is 12.5 Å². The monoisotopic (exact) mass is 335 g/mol. The quantitative estimate of drug-likeness (QED) is 0.728. The van der Waals surface area contributed by atoms with E-state index in [1.54, 1.807) is 0 Å². The number of ether oxygens (including phenoxy) is 1. The molecule has 1 fully saturated rings. The van der Waals surface area contributed by atoms with Crippen molar-refractivity contribution in [3.63, 3.8) is 0 Å². The smallest absolute Gasteiger partial charge is 0.323 e. The van der Waals surface area contributed by atoms with E-state index in [9.17, 15) is 18.0 Å². The fourth-order valence-electron chi connectivity index (χ4n) is 2.53. The van der Waals surface area contributed by atoms with Crippen molar-refractivity contribution >= 4 is 21.7 Å². The molecule has 0 aliphatic carbocycles. The van der Waals surface area contributed by atoms with Crippen molar-refractivity contribution in [3.05, 3.63) is 0 Å². The second-order valence-corrected chi connectivity index (χ2v) is 8.60. The molecule has 1 aliphatic rings. The summed E-state index contributed by atoms with van der Waals surface area (Å²) >= 11 is 0. The minimum absolute atomic E-state index is 0.0567. The van der Waals surface area contributed by atoms with Gasteiger partial charge in [0.25, 0.3) is 0 Å². The molecule has 1 unspecified atom stereocenters. The van der Waals surface area contributed by atoms with Crippen LogP contribution < -0.4 is 0 Å². The number of nitrogens with zero attached hydrogens (tertiary/aromatic N) is 1. The highest BCUT2D eigenvalue weighted by atomic mass is 32.2. The summed E-state index contributed by atoms with van der Waals surface area (Å²) in [6, 6.07) is 0. The van der Waals surface area contributed by atoms with Gasteiger partial charge in [0.05, 0.1) is 5.25 Å². The van der Waals surface area contributed by atoms with Crippen molar-refractivity contribution < 1.29 is 27.9 Å². The lowest BCUT2D eigenvalue weighted by molar-refractivity contribution is -0.144. The van der Waals surface area contributed by atoms with Crippen molar-refractivity contribution in [2.45, 2.75) is 44.1 Å². The van der Waals surface area contributed by atoms with Crippen LogP contribution in [-0.2, 0) is 24.2 Å². The van der Waals surface area contributed by atoms with Crippen molar-refractivity contribution in [2.75, 3.05) is 26.3 Å². The Labute approximate surface area is 131 Å². The molecule has 0 radical (unpaired) electrons. The fourth-order valence-corrected chi connectivity index (χ4v) is 4.38. The first-order valence-corrected chi connectivity index (χ1v) is 9.08. The van der Waals surface area contributed by atoms with E-state index in [1.807, 2.05) is 13.8 Å². The summed E-state index contributed by atoms with van der Waals surface area (Å²) in [6.45, 7) is 5.52. The Kier molecular flexibility index (Phi) is 6.80. The Bertz CT molecular complexity index is 495. The number of carbonyl (C=O) groups excluding carboxylic acids is 1. The lowest BCUT2D eigenvalue weighted by atomic mass is 10.2. The molecule has 0 spiro atoms. The maximum atomic E-state index is 12.6. The number of carboxylic acids is 1. The Morgan fingerprint density at radius 2 is 1.77 bits per heavy atom. The lowest BCUT2D eigenvalue weighted by Gasteiger charge is -2.29. The molecule has 128 valence electrons. The fraction of sp³-hybridized carbons (Fsp3) is 0.857. The maximum Gasteiger partial charge on any atom is 0.323 e. The van der Waals surface area contributed by atoms with Crippen molar-refractivity contribution in [1.82, 2.24) is 4.90 Å². The van der Waals surface area contributed by atoms with Crippen molar-refractivity contribution in [1.29, 1.82) is 0 Å². The van der Waals surface area contributed by atoms with Crippen LogP contribution in [0.1, 0.15) is 33.6 Å². The van der Waals surface area contributed by atoms with Gasteiger partial charge in [-0.3, -0.25) is 9.59 Å². The molecule has 0 aromatic carbocycles. The third kappa shape index (κ3) is 4.95. The second-order valence-electron chi connectivity index (χ2n) is 6.05. The van der Waals surface area contributed by atoms with Crippen LogP contribution >= 0.6 is 0 Å². The molecule has 1 aliphatic heterocycles. The van der Waals surface area contributed by atoms with Gasteiger partial charge in [-0.15, -0.1) is 0 Å². The number of amides is 1. The number of rotatable bonds is 7. The van der Waals surface area contributed by atoms with Gasteiger partial charge in [0, 0.05) is 19.8 Å². The van der Waals surface area contributed by atoms with Crippen LogP contribution in [0.25, 0.3) is 0 Å². The van der Waals surface area contributed by atoms with Crippen LogP contribution in [0.5, 0.6) is 0 Å². The molecule has 1 atom stereocenters. The molecule has 1 heterocycles. The Balaban J connectivity index is 2.88. The highest BCUT2D eigenvalue weighted by molar-refractivity contribution is 7.93. The largest absolute Gasteiger partial charge is 0.480 e. The normalized spacial score (nSPS) is 18.2.